The molecule has 0 saturated carbocycles. The first-order valence-corrected chi connectivity index (χ1v) is 6.38. The van der Waals surface area contributed by atoms with Crippen molar-refractivity contribution in [2.75, 3.05) is 0 Å². The van der Waals surface area contributed by atoms with Crippen molar-refractivity contribution < 1.29 is 13.6 Å². The second kappa shape index (κ2) is 5.16. The SMILES string of the molecule is Cc1cc(C)c(-c2ccccc2C(F)(F)C=O)c(C)c1. The van der Waals surface area contributed by atoms with Gasteiger partial charge >= 0.3 is 5.92 Å². The maximum Gasteiger partial charge on any atom is 0.328 e. The third-order valence-electron chi connectivity index (χ3n) is 3.38. The lowest BCUT2D eigenvalue weighted by Crippen LogP contribution is -2.16. The molecule has 0 bridgehead atoms. The van der Waals surface area contributed by atoms with Crippen molar-refractivity contribution >= 4 is 6.29 Å². The molecule has 0 radical (unpaired) electrons. The third-order valence-corrected chi connectivity index (χ3v) is 3.38. The van der Waals surface area contributed by atoms with Gasteiger partial charge in [0.2, 0.25) is 0 Å². The Morgan fingerprint density at radius 1 is 1.00 bits per heavy atom. The largest absolute Gasteiger partial charge is 0.328 e. The lowest BCUT2D eigenvalue weighted by Gasteiger charge is -2.18. The van der Waals surface area contributed by atoms with E-state index < -0.39 is 5.92 Å². The lowest BCUT2D eigenvalue weighted by molar-refractivity contribution is -0.130. The topological polar surface area (TPSA) is 17.1 Å². The normalized spacial score (nSPS) is 11.4. The summed E-state index contributed by atoms with van der Waals surface area (Å²) in [6, 6.07) is 10.1. The number of rotatable bonds is 3. The van der Waals surface area contributed by atoms with E-state index in [0.717, 1.165) is 22.3 Å². The maximum atomic E-state index is 13.8. The first-order valence-electron chi connectivity index (χ1n) is 6.38. The van der Waals surface area contributed by atoms with Crippen LogP contribution in [0.15, 0.2) is 36.4 Å². The second-order valence-electron chi connectivity index (χ2n) is 5.06. The highest BCUT2D eigenvalue weighted by atomic mass is 19.3. The van der Waals surface area contributed by atoms with Gasteiger partial charge in [0.05, 0.1) is 0 Å². The van der Waals surface area contributed by atoms with Gasteiger partial charge in [0, 0.05) is 5.56 Å². The van der Waals surface area contributed by atoms with E-state index in [2.05, 4.69) is 0 Å². The molecular weight excluding hydrogens is 258 g/mol. The summed E-state index contributed by atoms with van der Waals surface area (Å²) in [5.74, 6) is -3.47. The average molecular weight is 274 g/mol. The van der Waals surface area contributed by atoms with Crippen molar-refractivity contribution in [2.24, 2.45) is 0 Å². The Morgan fingerprint density at radius 3 is 2.10 bits per heavy atom. The van der Waals surface area contributed by atoms with E-state index in [0.29, 0.717) is 5.56 Å². The Hall–Kier alpha value is -2.03. The fourth-order valence-electron chi connectivity index (χ4n) is 2.66. The maximum absolute atomic E-state index is 13.8. The molecule has 2 aromatic carbocycles. The predicted molar refractivity (Wildman–Crippen MR) is 76.0 cm³/mol. The number of hydrogen-bond donors (Lipinski definition) is 0. The van der Waals surface area contributed by atoms with E-state index in [9.17, 15) is 13.6 Å². The van der Waals surface area contributed by atoms with Crippen LogP contribution in [0, 0.1) is 20.8 Å². The van der Waals surface area contributed by atoms with E-state index in [1.54, 1.807) is 12.1 Å². The Labute approximate surface area is 117 Å². The fourth-order valence-corrected chi connectivity index (χ4v) is 2.66. The van der Waals surface area contributed by atoms with Crippen LogP contribution in [0.1, 0.15) is 22.3 Å². The highest BCUT2D eigenvalue weighted by molar-refractivity contribution is 5.78. The number of carbonyl (C=O) groups excluding carboxylic acids is 1. The number of hydrogen-bond acceptors (Lipinski definition) is 1. The summed E-state index contributed by atoms with van der Waals surface area (Å²) in [5.41, 5.74) is 3.88. The van der Waals surface area contributed by atoms with Gasteiger partial charge in [-0.25, -0.2) is 0 Å². The molecule has 0 aromatic heterocycles. The Kier molecular flexibility index (Phi) is 3.71. The highest BCUT2D eigenvalue weighted by Gasteiger charge is 2.33. The summed E-state index contributed by atoms with van der Waals surface area (Å²) in [5, 5.41) is 0. The van der Waals surface area contributed by atoms with E-state index in [1.807, 2.05) is 32.9 Å². The van der Waals surface area contributed by atoms with Crippen LogP contribution in [0.3, 0.4) is 0 Å². The van der Waals surface area contributed by atoms with Gasteiger partial charge in [-0.15, -0.1) is 0 Å². The van der Waals surface area contributed by atoms with Gasteiger partial charge in [-0.1, -0.05) is 42.0 Å². The van der Waals surface area contributed by atoms with Gasteiger partial charge in [0.1, 0.15) is 0 Å². The van der Waals surface area contributed by atoms with Crippen LogP contribution in [0.25, 0.3) is 11.1 Å². The average Bonchev–Trinajstić information content (AvgIpc) is 2.38. The van der Waals surface area contributed by atoms with Crippen molar-refractivity contribution in [1.82, 2.24) is 0 Å². The van der Waals surface area contributed by atoms with Gasteiger partial charge in [0.25, 0.3) is 0 Å². The monoisotopic (exact) mass is 274 g/mol. The lowest BCUT2D eigenvalue weighted by atomic mass is 9.89. The summed E-state index contributed by atoms with van der Waals surface area (Å²) in [6.07, 6.45) is -0.301. The molecule has 0 saturated heterocycles. The first-order chi connectivity index (χ1) is 9.36. The Bertz CT molecular complexity index is 637. The van der Waals surface area contributed by atoms with Crippen LogP contribution >= 0.6 is 0 Å². The second-order valence-corrected chi connectivity index (χ2v) is 5.06. The molecular formula is C17H16F2O. The number of benzene rings is 2. The van der Waals surface area contributed by atoms with Crippen LogP contribution in [-0.2, 0) is 10.7 Å². The number of carbonyl (C=O) groups is 1. The first kappa shape index (κ1) is 14.4. The predicted octanol–water partition coefficient (Wildman–Crippen LogP) is 4.57. The minimum Gasteiger partial charge on any atom is -0.296 e. The smallest absolute Gasteiger partial charge is 0.296 e. The zero-order valence-corrected chi connectivity index (χ0v) is 11.7. The van der Waals surface area contributed by atoms with Crippen molar-refractivity contribution in [3.05, 3.63) is 58.7 Å². The number of aryl methyl sites for hydroxylation is 3. The van der Waals surface area contributed by atoms with E-state index in [4.69, 9.17) is 0 Å². The van der Waals surface area contributed by atoms with Gasteiger partial charge in [-0.3, -0.25) is 4.79 Å². The van der Waals surface area contributed by atoms with Crippen molar-refractivity contribution in [1.29, 1.82) is 0 Å². The third kappa shape index (κ3) is 2.48. The zero-order chi connectivity index (χ0) is 14.9. The molecule has 2 aromatic rings. The summed E-state index contributed by atoms with van der Waals surface area (Å²) in [7, 11) is 0. The molecule has 0 N–H and O–H groups in total. The number of aldehydes is 1. The Morgan fingerprint density at radius 2 is 1.55 bits per heavy atom. The van der Waals surface area contributed by atoms with E-state index >= 15 is 0 Å². The summed E-state index contributed by atoms with van der Waals surface area (Å²) in [4.78, 5) is 10.7. The Balaban J connectivity index is 2.75. The summed E-state index contributed by atoms with van der Waals surface area (Å²) in [6.45, 7) is 5.76. The van der Waals surface area contributed by atoms with Gasteiger partial charge in [-0.05, 0) is 43.0 Å². The summed E-state index contributed by atoms with van der Waals surface area (Å²) >= 11 is 0. The quantitative estimate of drug-likeness (QED) is 0.749. The van der Waals surface area contributed by atoms with Crippen molar-refractivity contribution in [3.8, 4) is 11.1 Å². The van der Waals surface area contributed by atoms with E-state index in [-0.39, 0.29) is 11.8 Å². The van der Waals surface area contributed by atoms with E-state index in [1.165, 1.54) is 12.1 Å². The molecule has 0 spiro atoms. The zero-order valence-electron chi connectivity index (χ0n) is 11.7. The molecule has 0 fully saturated rings. The van der Waals surface area contributed by atoms with Gasteiger partial charge in [-0.2, -0.15) is 8.78 Å². The van der Waals surface area contributed by atoms with Crippen LogP contribution in [0.4, 0.5) is 8.78 Å². The van der Waals surface area contributed by atoms with Gasteiger partial charge in [0.15, 0.2) is 6.29 Å². The van der Waals surface area contributed by atoms with Crippen LogP contribution in [0.2, 0.25) is 0 Å². The molecule has 3 heteroatoms. The molecule has 0 aliphatic heterocycles. The molecule has 0 aliphatic rings. The van der Waals surface area contributed by atoms with Crippen LogP contribution in [0.5, 0.6) is 0 Å². The molecule has 20 heavy (non-hydrogen) atoms. The highest BCUT2D eigenvalue weighted by Crippen LogP contribution is 2.37. The van der Waals surface area contributed by atoms with Crippen molar-refractivity contribution in [3.63, 3.8) is 0 Å². The van der Waals surface area contributed by atoms with Crippen molar-refractivity contribution in [2.45, 2.75) is 26.7 Å². The number of alkyl halides is 2. The minimum atomic E-state index is -3.47. The molecule has 0 atom stereocenters. The standard InChI is InChI=1S/C17H16F2O/c1-11-8-12(2)16(13(3)9-11)14-6-4-5-7-15(14)17(18,19)10-20/h4-10H,1-3H3. The summed E-state index contributed by atoms with van der Waals surface area (Å²) < 4.78 is 27.6. The minimum absolute atomic E-state index is 0.245. The van der Waals surface area contributed by atoms with Crippen LogP contribution < -0.4 is 0 Å². The molecule has 104 valence electrons. The molecule has 1 nitrogen and oxygen atoms in total. The number of halogens is 2. The molecule has 0 unspecified atom stereocenters. The fraction of sp³-hybridized carbons (Fsp3) is 0.235. The molecule has 0 amide bonds. The van der Waals surface area contributed by atoms with Crippen LogP contribution in [-0.4, -0.2) is 6.29 Å². The molecule has 0 heterocycles. The molecule has 2 rings (SSSR count). The van der Waals surface area contributed by atoms with Gasteiger partial charge < -0.3 is 0 Å². The molecule has 0 aliphatic carbocycles.